The maximum atomic E-state index is 6.32. The second-order valence-corrected chi connectivity index (χ2v) is 5.48. The van der Waals surface area contributed by atoms with Crippen molar-refractivity contribution in [1.29, 1.82) is 0 Å². The molecule has 2 N–H and O–H groups in total. The normalized spacial score (nSPS) is 12.4. The second kappa shape index (κ2) is 5.55. The lowest BCUT2D eigenvalue weighted by Crippen LogP contribution is -2.14. The molecular weight excluding hydrogens is 242 g/mol. The fourth-order valence-corrected chi connectivity index (χ4v) is 3.10. The molecule has 0 aliphatic rings. The van der Waals surface area contributed by atoms with Gasteiger partial charge in [0.05, 0.1) is 12.0 Å². The lowest BCUT2D eigenvalue weighted by molar-refractivity contribution is 0.408. The van der Waals surface area contributed by atoms with Gasteiger partial charge in [0.25, 0.3) is 0 Å². The Morgan fingerprint density at radius 3 is 2.50 bits per heavy atom. The van der Waals surface area contributed by atoms with Crippen molar-refractivity contribution in [3.63, 3.8) is 0 Å². The quantitative estimate of drug-likeness (QED) is 0.912. The van der Waals surface area contributed by atoms with Gasteiger partial charge in [-0.2, -0.15) is 0 Å². The van der Waals surface area contributed by atoms with Crippen LogP contribution in [0.4, 0.5) is 0 Å². The molecule has 0 fully saturated rings. The van der Waals surface area contributed by atoms with E-state index in [9.17, 15) is 0 Å². The highest BCUT2D eigenvalue weighted by molar-refractivity contribution is 7.10. The Balaban J connectivity index is 2.24. The molecule has 1 unspecified atom stereocenters. The van der Waals surface area contributed by atoms with Crippen molar-refractivity contribution in [3.05, 3.63) is 51.2 Å². The molecule has 2 aromatic rings. The van der Waals surface area contributed by atoms with Crippen LogP contribution in [0.1, 0.15) is 27.6 Å². The molecule has 1 heterocycles. The molecule has 1 aromatic carbocycles. The molecular formula is C15H19NOS. The van der Waals surface area contributed by atoms with Gasteiger partial charge in [0.2, 0.25) is 0 Å². The largest absolute Gasteiger partial charge is 0.496 e. The summed E-state index contributed by atoms with van der Waals surface area (Å²) in [7, 11) is 1.69. The molecule has 0 saturated carbocycles. The number of ether oxygens (including phenoxy) is 1. The van der Waals surface area contributed by atoms with E-state index in [0.717, 1.165) is 17.0 Å². The summed E-state index contributed by atoms with van der Waals surface area (Å²) in [6.45, 7) is 4.28. The van der Waals surface area contributed by atoms with E-state index in [1.165, 1.54) is 16.7 Å². The van der Waals surface area contributed by atoms with Gasteiger partial charge in [0, 0.05) is 6.04 Å². The molecule has 0 aliphatic carbocycles. The fourth-order valence-electron chi connectivity index (χ4n) is 2.23. The first kappa shape index (κ1) is 13.1. The maximum absolute atomic E-state index is 6.32. The standard InChI is InChI=1S/C15H19NOS/c1-10-5-4-6-11(2)12(10)9-13(16)15-14(17-3)7-8-18-15/h4-8,13H,9,16H2,1-3H3. The number of thiophene rings is 1. The molecule has 1 atom stereocenters. The van der Waals surface area contributed by atoms with Crippen LogP contribution in [0, 0.1) is 13.8 Å². The zero-order chi connectivity index (χ0) is 13.1. The van der Waals surface area contributed by atoms with E-state index in [2.05, 4.69) is 32.0 Å². The van der Waals surface area contributed by atoms with Crippen molar-refractivity contribution in [2.45, 2.75) is 26.3 Å². The van der Waals surface area contributed by atoms with Gasteiger partial charge in [-0.05, 0) is 48.4 Å². The zero-order valence-corrected chi connectivity index (χ0v) is 11.9. The van der Waals surface area contributed by atoms with Gasteiger partial charge in [-0.15, -0.1) is 11.3 Å². The number of rotatable bonds is 4. The summed E-state index contributed by atoms with van der Waals surface area (Å²) in [5, 5.41) is 2.03. The van der Waals surface area contributed by atoms with Crippen molar-refractivity contribution in [1.82, 2.24) is 0 Å². The third kappa shape index (κ3) is 2.57. The molecule has 0 aliphatic heterocycles. The Hall–Kier alpha value is -1.32. The SMILES string of the molecule is COc1ccsc1C(N)Cc1c(C)cccc1C. The van der Waals surface area contributed by atoms with Gasteiger partial charge >= 0.3 is 0 Å². The van der Waals surface area contributed by atoms with Crippen LogP contribution in [-0.4, -0.2) is 7.11 Å². The summed E-state index contributed by atoms with van der Waals surface area (Å²) in [5.74, 6) is 0.902. The van der Waals surface area contributed by atoms with Crippen LogP contribution in [0.3, 0.4) is 0 Å². The predicted octanol–water partition coefficient (Wildman–Crippen LogP) is 3.62. The highest BCUT2D eigenvalue weighted by atomic mass is 32.1. The Kier molecular flexibility index (Phi) is 4.04. The second-order valence-electron chi connectivity index (χ2n) is 4.53. The van der Waals surface area contributed by atoms with E-state index in [1.54, 1.807) is 18.4 Å². The van der Waals surface area contributed by atoms with Crippen LogP contribution in [0.25, 0.3) is 0 Å². The minimum Gasteiger partial charge on any atom is -0.496 e. The van der Waals surface area contributed by atoms with E-state index in [4.69, 9.17) is 10.5 Å². The summed E-state index contributed by atoms with van der Waals surface area (Å²) < 4.78 is 5.34. The molecule has 3 heteroatoms. The molecule has 0 saturated heterocycles. The van der Waals surface area contributed by atoms with E-state index >= 15 is 0 Å². The summed E-state index contributed by atoms with van der Waals surface area (Å²) in [6.07, 6.45) is 0.857. The number of hydrogen-bond acceptors (Lipinski definition) is 3. The maximum Gasteiger partial charge on any atom is 0.134 e. The van der Waals surface area contributed by atoms with E-state index in [0.29, 0.717) is 0 Å². The van der Waals surface area contributed by atoms with E-state index in [1.807, 2.05) is 11.4 Å². The van der Waals surface area contributed by atoms with Gasteiger partial charge in [-0.1, -0.05) is 18.2 Å². The summed E-state index contributed by atoms with van der Waals surface area (Å²) in [6, 6.07) is 8.34. The topological polar surface area (TPSA) is 35.2 Å². The Morgan fingerprint density at radius 2 is 1.89 bits per heavy atom. The van der Waals surface area contributed by atoms with Crippen LogP contribution in [0.15, 0.2) is 29.6 Å². The summed E-state index contributed by atoms with van der Waals surface area (Å²) in [4.78, 5) is 1.13. The van der Waals surface area contributed by atoms with Crippen LogP contribution < -0.4 is 10.5 Å². The van der Waals surface area contributed by atoms with E-state index in [-0.39, 0.29) is 6.04 Å². The molecule has 0 amide bonds. The van der Waals surface area contributed by atoms with Gasteiger partial charge in [-0.25, -0.2) is 0 Å². The van der Waals surface area contributed by atoms with Crippen molar-refractivity contribution in [2.24, 2.45) is 5.73 Å². The zero-order valence-electron chi connectivity index (χ0n) is 11.1. The van der Waals surface area contributed by atoms with Crippen molar-refractivity contribution >= 4 is 11.3 Å². The first-order valence-electron chi connectivity index (χ1n) is 6.05. The molecule has 2 nitrogen and oxygen atoms in total. The minimum atomic E-state index is -0.000231. The van der Waals surface area contributed by atoms with Crippen LogP contribution in [0.5, 0.6) is 5.75 Å². The average Bonchev–Trinajstić information content (AvgIpc) is 2.82. The number of benzene rings is 1. The lowest BCUT2D eigenvalue weighted by Gasteiger charge is -2.15. The van der Waals surface area contributed by atoms with Crippen molar-refractivity contribution in [2.75, 3.05) is 7.11 Å². The molecule has 18 heavy (non-hydrogen) atoms. The average molecular weight is 261 g/mol. The van der Waals surface area contributed by atoms with Gasteiger partial charge < -0.3 is 10.5 Å². The number of nitrogens with two attached hydrogens (primary N) is 1. The molecule has 0 radical (unpaired) electrons. The molecule has 1 aromatic heterocycles. The summed E-state index contributed by atoms with van der Waals surface area (Å²) >= 11 is 1.66. The molecule has 2 rings (SSSR count). The van der Waals surface area contributed by atoms with E-state index < -0.39 is 0 Å². The van der Waals surface area contributed by atoms with Gasteiger partial charge in [-0.3, -0.25) is 0 Å². The third-order valence-electron chi connectivity index (χ3n) is 3.28. The Bertz CT molecular complexity index is 513. The smallest absolute Gasteiger partial charge is 0.134 e. The van der Waals surface area contributed by atoms with Gasteiger partial charge in [0.15, 0.2) is 0 Å². The molecule has 96 valence electrons. The third-order valence-corrected chi connectivity index (χ3v) is 4.31. The lowest BCUT2D eigenvalue weighted by atomic mass is 9.96. The first-order valence-corrected chi connectivity index (χ1v) is 6.93. The Labute approximate surface area is 112 Å². The van der Waals surface area contributed by atoms with Gasteiger partial charge in [0.1, 0.15) is 5.75 Å². The predicted molar refractivity (Wildman–Crippen MR) is 77.4 cm³/mol. The first-order chi connectivity index (χ1) is 8.63. The number of hydrogen-bond donors (Lipinski definition) is 1. The number of aryl methyl sites for hydroxylation is 2. The van der Waals surface area contributed by atoms with Crippen LogP contribution in [0.2, 0.25) is 0 Å². The van der Waals surface area contributed by atoms with Crippen molar-refractivity contribution in [3.8, 4) is 5.75 Å². The molecule has 0 bridgehead atoms. The Morgan fingerprint density at radius 1 is 1.22 bits per heavy atom. The highest BCUT2D eigenvalue weighted by Crippen LogP contribution is 2.32. The van der Waals surface area contributed by atoms with Crippen molar-refractivity contribution < 1.29 is 4.74 Å². The van der Waals surface area contributed by atoms with Crippen LogP contribution >= 0.6 is 11.3 Å². The van der Waals surface area contributed by atoms with Crippen LogP contribution in [-0.2, 0) is 6.42 Å². The number of methoxy groups -OCH3 is 1. The fraction of sp³-hybridized carbons (Fsp3) is 0.333. The monoisotopic (exact) mass is 261 g/mol. The summed E-state index contributed by atoms with van der Waals surface area (Å²) in [5.41, 5.74) is 10.3. The molecule has 0 spiro atoms. The minimum absolute atomic E-state index is 0.000231. The highest BCUT2D eigenvalue weighted by Gasteiger charge is 2.15.